The topological polar surface area (TPSA) is 38.3 Å². The molecule has 0 aromatic heterocycles. The summed E-state index contributed by atoms with van der Waals surface area (Å²) in [6.07, 6.45) is 0. The summed E-state index contributed by atoms with van der Waals surface area (Å²) in [5.74, 6) is -0.592. The van der Waals surface area contributed by atoms with Crippen molar-refractivity contribution in [3.63, 3.8) is 0 Å². The first-order chi connectivity index (χ1) is 10.0. The first-order valence-corrected chi connectivity index (χ1v) is 6.44. The Morgan fingerprint density at radius 1 is 1.14 bits per heavy atom. The van der Waals surface area contributed by atoms with E-state index in [1.54, 1.807) is 19.1 Å². The van der Waals surface area contributed by atoms with Gasteiger partial charge in [-0.25, -0.2) is 8.78 Å². The van der Waals surface area contributed by atoms with Crippen LogP contribution in [0.3, 0.4) is 0 Å². The molecule has 0 saturated carbocycles. The smallest absolute Gasteiger partial charge is 0.258 e. The predicted molar refractivity (Wildman–Crippen MR) is 74.9 cm³/mol. The van der Waals surface area contributed by atoms with Crippen molar-refractivity contribution in [2.24, 2.45) is 0 Å². The monoisotopic (exact) mass is 291 g/mol. The molecular formula is C16H15F2NO2. The van der Waals surface area contributed by atoms with Gasteiger partial charge in [0.2, 0.25) is 0 Å². The van der Waals surface area contributed by atoms with Crippen molar-refractivity contribution in [2.45, 2.75) is 13.5 Å². The second-order valence-corrected chi connectivity index (χ2v) is 4.60. The summed E-state index contributed by atoms with van der Waals surface area (Å²) in [7, 11) is 0. The fourth-order valence-electron chi connectivity index (χ4n) is 1.68. The van der Waals surface area contributed by atoms with Crippen LogP contribution in [0.4, 0.5) is 8.78 Å². The van der Waals surface area contributed by atoms with Crippen LogP contribution in [0.15, 0.2) is 42.5 Å². The molecule has 0 heterocycles. The Balaban J connectivity index is 1.79. The van der Waals surface area contributed by atoms with Crippen molar-refractivity contribution in [3.8, 4) is 5.75 Å². The van der Waals surface area contributed by atoms with E-state index >= 15 is 0 Å². The Morgan fingerprint density at radius 3 is 2.52 bits per heavy atom. The van der Waals surface area contributed by atoms with E-state index in [2.05, 4.69) is 5.32 Å². The Hall–Kier alpha value is -2.43. The molecule has 2 aromatic rings. The van der Waals surface area contributed by atoms with Gasteiger partial charge in [0, 0.05) is 6.54 Å². The second-order valence-electron chi connectivity index (χ2n) is 4.60. The third-order valence-corrected chi connectivity index (χ3v) is 2.91. The Kier molecular flexibility index (Phi) is 4.87. The van der Waals surface area contributed by atoms with Gasteiger partial charge in [-0.1, -0.05) is 12.1 Å². The molecule has 21 heavy (non-hydrogen) atoms. The van der Waals surface area contributed by atoms with Gasteiger partial charge in [0.1, 0.15) is 17.4 Å². The first-order valence-electron chi connectivity index (χ1n) is 6.44. The van der Waals surface area contributed by atoms with Crippen LogP contribution in [0.5, 0.6) is 5.75 Å². The van der Waals surface area contributed by atoms with E-state index < -0.39 is 0 Å². The summed E-state index contributed by atoms with van der Waals surface area (Å²) in [6.45, 7) is 1.72. The van der Waals surface area contributed by atoms with E-state index in [0.29, 0.717) is 16.9 Å². The lowest BCUT2D eigenvalue weighted by Gasteiger charge is -2.08. The van der Waals surface area contributed by atoms with E-state index in [4.69, 9.17) is 4.74 Å². The van der Waals surface area contributed by atoms with Crippen LogP contribution in [0.25, 0.3) is 0 Å². The average molecular weight is 291 g/mol. The number of amides is 1. The Morgan fingerprint density at radius 2 is 1.86 bits per heavy atom. The van der Waals surface area contributed by atoms with Crippen molar-refractivity contribution >= 4 is 5.91 Å². The standard InChI is InChI=1S/C16H15F2NO2/c1-11-2-3-12(8-15(11)18)9-19-16(20)10-21-14-6-4-13(17)5-7-14/h2-8H,9-10H2,1H3,(H,19,20). The summed E-state index contributed by atoms with van der Waals surface area (Å²) >= 11 is 0. The molecule has 0 aliphatic rings. The van der Waals surface area contributed by atoms with Crippen molar-refractivity contribution in [1.82, 2.24) is 5.32 Å². The molecule has 1 N–H and O–H groups in total. The normalized spacial score (nSPS) is 10.2. The SMILES string of the molecule is Cc1ccc(CNC(=O)COc2ccc(F)cc2)cc1F. The lowest BCUT2D eigenvalue weighted by molar-refractivity contribution is -0.123. The van der Waals surface area contributed by atoms with Crippen molar-refractivity contribution < 1.29 is 18.3 Å². The number of aryl methyl sites for hydroxylation is 1. The zero-order chi connectivity index (χ0) is 15.2. The number of carbonyl (C=O) groups excluding carboxylic acids is 1. The van der Waals surface area contributed by atoms with Gasteiger partial charge in [0.05, 0.1) is 0 Å². The lowest BCUT2D eigenvalue weighted by Crippen LogP contribution is -2.28. The lowest BCUT2D eigenvalue weighted by atomic mass is 10.1. The van der Waals surface area contributed by atoms with E-state index in [-0.39, 0.29) is 30.7 Å². The molecule has 5 heteroatoms. The molecule has 0 aliphatic carbocycles. The maximum atomic E-state index is 13.3. The van der Waals surface area contributed by atoms with E-state index in [9.17, 15) is 13.6 Å². The highest BCUT2D eigenvalue weighted by molar-refractivity contribution is 5.77. The van der Waals surface area contributed by atoms with Crippen molar-refractivity contribution in [1.29, 1.82) is 0 Å². The molecule has 0 unspecified atom stereocenters. The van der Waals surface area contributed by atoms with Gasteiger partial charge in [0.15, 0.2) is 6.61 Å². The number of ether oxygens (including phenoxy) is 1. The van der Waals surface area contributed by atoms with Crippen LogP contribution in [0.2, 0.25) is 0 Å². The molecule has 3 nitrogen and oxygen atoms in total. The number of rotatable bonds is 5. The second kappa shape index (κ2) is 6.83. The van der Waals surface area contributed by atoms with Gasteiger partial charge in [-0.15, -0.1) is 0 Å². The maximum absolute atomic E-state index is 13.3. The molecule has 0 bridgehead atoms. The Labute approximate surface area is 121 Å². The molecule has 1 amide bonds. The first kappa shape index (κ1) is 15.0. The molecule has 2 rings (SSSR count). The Bertz CT molecular complexity index is 627. The van der Waals surface area contributed by atoms with Crippen molar-refractivity contribution in [2.75, 3.05) is 6.61 Å². The fraction of sp³-hybridized carbons (Fsp3) is 0.188. The molecular weight excluding hydrogens is 276 g/mol. The summed E-state index contributed by atoms with van der Waals surface area (Å²) in [6, 6.07) is 10.2. The van der Waals surface area contributed by atoms with Crippen molar-refractivity contribution in [3.05, 3.63) is 65.2 Å². The highest BCUT2D eigenvalue weighted by atomic mass is 19.1. The highest BCUT2D eigenvalue weighted by Crippen LogP contribution is 2.11. The van der Waals surface area contributed by atoms with E-state index in [1.807, 2.05) is 0 Å². The minimum Gasteiger partial charge on any atom is -0.484 e. The number of nitrogens with one attached hydrogen (secondary N) is 1. The van der Waals surface area contributed by atoms with Crippen LogP contribution in [-0.2, 0) is 11.3 Å². The largest absolute Gasteiger partial charge is 0.484 e. The van der Waals surface area contributed by atoms with Gasteiger partial charge in [-0.2, -0.15) is 0 Å². The summed E-state index contributed by atoms with van der Waals surface area (Å²) in [5.41, 5.74) is 1.23. The van der Waals surface area contributed by atoms with Gasteiger partial charge in [-0.05, 0) is 48.4 Å². The number of hydrogen-bond acceptors (Lipinski definition) is 2. The third kappa shape index (κ3) is 4.56. The molecule has 0 aliphatic heterocycles. The highest BCUT2D eigenvalue weighted by Gasteiger charge is 2.04. The summed E-state index contributed by atoms with van der Waals surface area (Å²) in [5, 5.41) is 2.62. The molecule has 2 aromatic carbocycles. The zero-order valence-corrected chi connectivity index (χ0v) is 11.5. The van der Waals surface area contributed by atoms with E-state index in [1.165, 1.54) is 30.3 Å². The minimum absolute atomic E-state index is 0.181. The number of carbonyl (C=O) groups is 1. The van der Waals surface area contributed by atoms with Crippen LogP contribution >= 0.6 is 0 Å². The third-order valence-electron chi connectivity index (χ3n) is 2.91. The fourth-order valence-corrected chi connectivity index (χ4v) is 1.68. The van der Waals surface area contributed by atoms with Gasteiger partial charge in [0.25, 0.3) is 5.91 Å². The van der Waals surface area contributed by atoms with Crippen LogP contribution < -0.4 is 10.1 Å². The molecule has 0 fully saturated rings. The van der Waals surface area contributed by atoms with Gasteiger partial charge < -0.3 is 10.1 Å². The average Bonchev–Trinajstić information content (AvgIpc) is 2.48. The quantitative estimate of drug-likeness (QED) is 0.919. The maximum Gasteiger partial charge on any atom is 0.258 e. The predicted octanol–water partition coefficient (Wildman–Crippen LogP) is 2.97. The molecule has 0 radical (unpaired) electrons. The number of benzene rings is 2. The molecule has 0 spiro atoms. The van der Waals surface area contributed by atoms with Crippen LogP contribution in [0, 0.1) is 18.6 Å². The van der Waals surface area contributed by atoms with Crippen LogP contribution in [-0.4, -0.2) is 12.5 Å². The van der Waals surface area contributed by atoms with Gasteiger partial charge >= 0.3 is 0 Å². The summed E-state index contributed by atoms with van der Waals surface area (Å²) < 4.78 is 31.2. The number of halogens is 2. The van der Waals surface area contributed by atoms with Crippen LogP contribution in [0.1, 0.15) is 11.1 Å². The number of hydrogen-bond donors (Lipinski definition) is 1. The minimum atomic E-state index is -0.367. The molecule has 0 saturated heterocycles. The van der Waals surface area contributed by atoms with Gasteiger partial charge in [-0.3, -0.25) is 4.79 Å². The zero-order valence-electron chi connectivity index (χ0n) is 11.5. The summed E-state index contributed by atoms with van der Waals surface area (Å²) in [4.78, 5) is 11.6. The molecule has 110 valence electrons. The van der Waals surface area contributed by atoms with E-state index in [0.717, 1.165) is 0 Å². The molecule has 0 atom stereocenters.